The fraction of sp³-hybridized carbons (Fsp3) is 0.945. The van der Waals surface area contributed by atoms with E-state index in [1.165, 1.54) is 205 Å². The molecule has 0 unspecified atom stereocenters. The Morgan fingerprint density at radius 2 is 0.541 bits per heavy atom. The number of carbonyl (C=O) groups excluding carboxylic acids is 3. The standard InChI is InChI=1S/C55H106O6/c1-5-7-9-11-13-15-17-19-21-23-24-26-28-30-32-34-39-43-47-54(57)60-50-52(61-55(58)48-44-40-36-35-37-41-45-51(3)4)49-59-53(56)46-42-38-33-31-29-27-25-22-20-18-16-14-12-10-8-6-2/h51-52H,5-50H2,1-4H3/t52-/m1/s1. The van der Waals surface area contributed by atoms with E-state index < -0.39 is 6.10 Å². The zero-order chi connectivity index (χ0) is 44.5. The maximum absolute atomic E-state index is 12.7. The Morgan fingerprint density at radius 3 is 0.803 bits per heavy atom. The zero-order valence-corrected chi connectivity index (χ0v) is 41.6. The summed E-state index contributed by atoms with van der Waals surface area (Å²) in [6.45, 7) is 8.97. The molecule has 6 heteroatoms. The summed E-state index contributed by atoms with van der Waals surface area (Å²) < 4.78 is 16.8. The highest BCUT2D eigenvalue weighted by molar-refractivity contribution is 5.71. The lowest BCUT2D eigenvalue weighted by atomic mass is 10.0. The van der Waals surface area contributed by atoms with Gasteiger partial charge in [-0.2, -0.15) is 0 Å². The van der Waals surface area contributed by atoms with Crippen molar-refractivity contribution in [1.29, 1.82) is 0 Å². The van der Waals surface area contributed by atoms with Crippen molar-refractivity contribution in [3.63, 3.8) is 0 Å². The fourth-order valence-corrected chi connectivity index (χ4v) is 8.39. The lowest BCUT2D eigenvalue weighted by Crippen LogP contribution is -2.30. The maximum Gasteiger partial charge on any atom is 0.306 e. The minimum absolute atomic E-state index is 0.0637. The quantitative estimate of drug-likeness (QED) is 0.0344. The molecule has 0 saturated carbocycles. The van der Waals surface area contributed by atoms with Gasteiger partial charge in [-0.15, -0.1) is 0 Å². The van der Waals surface area contributed by atoms with E-state index >= 15 is 0 Å². The first kappa shape index (κ1) is 59.4. The van der Waals surface area contributed by atoms with Crippen molar-refractivity contribution in [2.45, 2.75) is 316 Å². The molecular formula is C55H106O6. The van der Waals surface area contributed by atoms with Gasteiger partial charge in [-0.05, 0) is 25.2 Å². The molecule has 0 rings (SSSR count). The third-order valence-electron chi connectivity index (χ3n) is 12.5. The Morgan fingerprint density at radius 1 is 0.311 bits per heavy atom. The Balaban J connectivity index is 4.20. The molecule has 0 N–H and O–H groups in total. The zero-order valence-electron chi connectivity index (χ0n) is 41.6. The van der Waals surface area contributed by atoms with Gasteiger partial charge in [0, 0.05) is 19.3 Å². The van der Waals surface area contributed by atoms with E-state index in [9.17, 15) is 14.4 Å². The normalized spacial score (nSPS) is 12.0. The van der Waals surface area contributed by atoms with Gasteiger partial charge >= 0.3 is 17.9 Å². The van der Waals surface area contributed by atoms with Crippen molar-refractivity contribution in [2.75, 3.05) is 13.2 Å². The highest BCUT2D eigenvalue weighted by Crippen LogP contribution is 2.17. The van der Waals surface area contributed by atoms with Crippen LogP contribution in [0.25, 0.3) is 0 Å². The van der Waals surface area contributed by atoms with Crippen LogP contribution in [0.2, 0.25) is 0 Å². The Hall–Kier alpha value is -1.59. The summed E-state index contributed by atoms with van der Waals surface area (Å²) in [5, 5.41) is 0. The number of hydrogen-bond donors (Lipinski definition) is 0. The number of hydrogen-bond acceptors (Lipinski definition) is 6. The number of ether oxygens (including phenoxy) is 3. The molecule has 0 aromatic rings. The summed E-state index contributed by atoms with van der Waals surface area (Å²) in [5.74, 6) is -0.0877. The van der Waals surface area contributed by atoms with Gasteiger partial charge in [-0.1, -0.05) is 272 Å². The number of rotatable bonds is 50. The summed E-state index contributed by atoms with van der Waals surface area (Å²) in [7, 11) is 0. The molecule has 0 radical (unpaired) electrons. The van der Waals surface area contributed by atoms with Crippen molar-refractivity contribution >= 4 is 17.9 Å². The van der Waals surface area contributed by atoms with Gasteiger partial charge in [0.25, 0.3) is 0 Å². The van der Waals surface area contributed by atoms with E-state index in [2.05, 4.69) is 27.7 Å². The van der Waals surface area contributed by atoms with E-state index in [4.69, 9.17) is 14.2 Å². The summed E-state index contributed by atoms with van der Waals surface area (Å²) >= 11 is 0. The van der Waals surface area contributed by atoms with E-state index in [0.717, 1.165) is 63.7 Å². The largest absolute Gasteiger partial charge is 0.462 e. The molecule has 0 saturated heterocycles. The molecule has 0 aliphatic rings. The molecule has 0 amide bonds. The Labute approximate surface area is 380 Å². The lowest BCUT2D eigenvalue weighted by molar-refractivity contribution is -0.167. The smallest absolute Gasteiger partial charge is 0.306 e. The molecule has 0 spiro atoms. The van der Waals surface area contributed by atoms with Crippen molar-refractivity contribution in [1.82, 2.24) is 0 Å². The third-order valence-corrected chi connectivity index (χ3v) is 12.5. The van der Waals surface area contributed by atoms with Crippen LogP contribution in [0.5, 0.6) is 0 Å². The fourth-order valence-electron chi connectivity index (χ4n) is 8.39. The van der Waals surface area contributed by atoms with Gasteiger partial charge in [0.1, 0.15) is 13.2 Å². The molecule has 1 atom stereocenters. The predicted molar refractivity (Wildman–Crippen MR) is 261 cm³/mol. The van der Waals surface area contributed by atoms with Crippen LogP contribution in [0.3, 0.4) is 0 Å². The topological polar surface area (TPSA) is 78.9 Å². The average molecular weight is 863 g/mol. The van der Waals surface area contributed by atoms with Gasteiger partial charge < -0.3 is 14.2 Å². The maximum atomic E-state index is 12.7. The van der Waals surface area contributed by atoms with Crippen LogP contribution >= 0.6 is 0 Å². The molecule has 0 aliphatic heterocycles. The minimum Gasteiger partial charge on any atom is -0.462 e. The van der Waals surface area contributed by atoms with Gasteiger partial charge in [0.15, 0.2) is 6.10 Å². The van der Waals surface area contributed by atoms with Gasteiger partial charge in [-0.3, -0.25) is 14.4 Å². The molecule has 362 valence electrons. The molecule has 0 aromatic heterocycles. The Bertz CT molecular complexity index is 918. The van der Waals surface area contributed by atoms with Crippen LogP contribution in [0.4, 0.5) is 0 Å². The highest BCUT2D eigenvalue weighted by Gasteiger charge is 2.19. The Kier molecular flexibility index (Phi) is 48.1. The number of esters is 3. The van der Waals surface area contributed by atoms with E-state index in [0.29, 0.717) is 19.3 Å². The summed E-state index contributed by atoms with van der Waals surface area (Å²) in [6, 6.07) is 0. The third kappa shape index (κ3) is 49.3. The first-order valence-electron chi connectivity index (χ1n) is 27.4. The van der Waals surface area contributed by atoms with Crippen molar-refractivity contribution in [2.24, 2.45) is 5.92 Å². The first-order chi connectivity index (χ1) is 29.9. The van der Waals surface area contributed by atoms with E-state index in [-0.39, 0.29) is 31.1 Å². The molecular weight excluding hydrogens is 757 g/mol. The monoisotopic (exact) mass is 863 g/mol. The molecule has 0 heterocycles. The second-order valence-electron chi connectivity index (χ2n) is 19.3. The predicted octanol–water partition coefficient (Wildman–Crippen LogP) is 17.8. The van der Waals surface area contributed by atoms with Crippen LogP contribution < -0.4 is 0 Å². The second kappa shape index (κ2) is 49.4. The number of carbonyl (C=O) groups is 3. The van der Waals surface area contributed by atoms with Crippen molar-refractivity contribution in [3.05, 3.63) is 0 Å². The van der Waals surface area contributed by atoms with Crippen LogP contribution in [-0.2, 0) is 28.6 Å². The molecule has 0 aromatic carbocycles. The molecule has 0 aliphatic carbocycles. The second-order valence-corrected chi connectivity index (χ2v) is 19.3. The molecule has 0 bridgehead atoms. The van der Waals surface area contributed by atoms with Crippen LogP contribution in [0, 0.1) is 5.92 Å². The molecule has 0 fully saturated rings. The number of unbranched alkanes of at least 4 members (excludes halogenated alkanes) is 37. The van der Waals surface area contributed by atoms with Gasteiger partial charge in [0.05, 0.1) is 0 Å². The van der Waals surface area contributed by atoms with Crippen molar-refractivity contribution < 1.29 is 28.6 Å². The summed E-state index contributed by atoms with van der Waals surface area (Å²) in [4.78, 5) is 37.9. The van der Waals surface area contributed by atoms with Crippen LogP contribution in [0.15, 0.2) is 0 Å². The summed E-state index contributed by atoms with van der Waals surface area (Å²) in [5.41, 5.74) is 0. The van der Waals surface area contributed by atoms with Crippen molar-refractivity contribution in [3.8, 4) is 0 Å². The minimum atomic E-state index is -0.762. The van der Waals surface area contributed by atoms with Gasteiger partial charge in [-0.25, -0.2) is 0 Å². The summed E-state index contributed by atoms with van der Waals surface area (Å²) in [6.07, 6.45) is 52.5. The van der Waals surface area contributed by atoms with E-state index in [1.54, 1.807) is 0 Å². The van der Waals surface area contributed by atoms with Crippen LogP contribution in [0.1, 0.15) is 310 Å². The highest BCUT2D eigenvalue weighted by atomic mass is 16.6. The SMILES string of the molecule is CCCCCCCCCCCCCCCCCCCCC(=O)OC[C@@H](COC(=O)CCCCCCCCCCCCCCCCCC)OC(=O)CCCCCCCCC(C)C. The lowest BCUT2D eigenvalue weighted by Gasteiger charge is -2.18. The molecule has 61 heavy (non-hydrogen) atoms. The average Bonchev–Trinajstić information content (AvgIpc) is 3.24. The van der Waals surface area contributed by atoms with Crippen LogP contribution in [-0.4, -0.2) is 37.2 Å². The van der Waals surface area contributed by atoms with Gasteiger partial charge in [0.2, 0.25) is 0 Å². The molecule has 6 nitrogen and oxygen atoms in total. The first-order valence-corrected chi connectivity index (χ1v) is 27.4. The van der Waals surface area contributed by atoms with E-state index in [1.807, 2.05) is 0 Å².